The highest BCUT2D eigenvalue weighted by molar-refractivity contribution is 8.03. The fourth-order valence-electron chi connectivity index (χ4n) is 1.37. The summed E-state index contributed by atoms with van der Waals surface area (Å²) in [6.45, 7) is 5.49. The summed E-state index contributed by atoms with van der Waals surface area (Å²) in [7, 11) is 0. The second-order valence-electron chi connectivity index (χ2n) is 3.21. The van der Waals surface area contributed by atoms with Crippen LogP contribution in [0.1, 0.15) is 13.8 Å². The predicted octanol–water partition coefficient (Wildman–Crippen LogP) is 2.68. The Bertz CT molecular complexity index is 216. The van der Waals surface area contributed by atoms with Crippen LogP contribution in [-0.4, -0.2) is 27.2 Å². The van der Waals surface area contributed by atoms with Crippen molar-refractivity contribution >= 4 is 23.5 Å². The average molecular weight is 214 g/mol. The molecule has 2 nitrogen and oxygen atoms in total. The molecule has 0 N–H and O–H groups in total. The molecular formula is C9H14N2S2. The van der Waals surface area contributed by atoms with Crippen LogP contribution in [0.4, 0.5) is 0 Å². The third-order valence-corrected chi connectivity index (χ3v) is 4.20. The maximum absolute atomic E-state index is 2.36. The Morgan fingerprint density at radius 1 is 1.00 bits per heavy atom. The Morgan fingerprint density at radius 3 is 1.77 bits per heavy atom. The summed E-state index contributed by atoms with van der Waals surface area (Å²) in [5, 5.41) is 5.52. The van der Waals surface area contributed by atoms with E-state index < -0.39 is 0 Å². The van der Waals surface area contributed by atoms with Crippen molar-refractivity contribution in [3.05, 3.63) is 23.2 Å². The van der Waals surface area contributed by atoms with E-state index in [0.29, 0.717) is 10.7 Å². The molecule has 2 atom stereocenters. The van der Waals surface area contributed by atoms with E-state index in [9.17, 15) is 0 Å². The molecule has 0 aromatic heterocycles. The van der Waals surface area contributed by atoms with E-state index >= 15 is 0 Å². The molecule has 72 valence electrons. The van der Waals surface area contributed by atoms with Crippen LogP contribution in [0.25, 0.3) is 0 Å². The standard InChI is InChI=1S/C9H14N2S2/c1-8-10(3-5-12-8)7-11-4-6-13-9(11)2/h3-6,8-9H,7H2,1-2H3/t8-,9+. The van der Waals surface area contributed by atoms with Crippen LogP contribution >= 0.6 is 23.5 Å². The van der Waals surface area contributed by atoms with Gasteiger partial charge < -0.3 is 9.80 Å². The Balaban J connectivity index is 1.90. The van der Waals surface area contributed by atoms with Crippen molar-refractivity contribution in [1.82, 2.24) is 9.80 Å². The Hall–Kier alpha value is -0.220. The Morgan fingerprint density at radius 2 is 1.46 bits per heavy atom. The first-order chi connectivity index (χ1) is 6.27. The lowest BCUT2D eigenvalue weighted by Gasteiger charge is -2.30. The molecule has 0 aliphatic carbocycles. The summed E-state index contributed by atoms with van der Waals surface area (Å²) in [6, 6.07) is 0. The number of hydrogen-bond donors (Lipinski definition) is 0. The largest absolute Gasteiger partial charge is 0.348 e. The molecule has 13 heavy (non-hydrogen) atoms. The van der Waals surface area contributed by atoms with Gasteiger partial charge >= 0.3 is 0 Å². The van der Waals surface area contributed by atoms with Crippen molar-refractivity contribution in [3.8, 4) is 0 Å². The van der Waals surface area contributed by atoms with Gasteiger partial charge in [0.1, 0.15) is 0 Å². The molecule has 0 radical (unpaired) electrons. The van der Waals surface area contributed by atoms with E-state index in [0.717, 1.165) is 6.67 Å². The summed E-state index contributed by atoms with van der Waals surface area (Å²) >= 11 is 3.76. The van der Waals surface area contributed by atoms with Gasteiger partial charge in [-0.3, -0.25) is 0 Å². The van der Waals surface area contributed by atoms with Crippen LogP contribution in [-0.2, 0) is 0 Å². The van der Waals surface area contributed by atoms with Crippen LogP contribution < -0.4 is 0 Å². The second kappa shape index (κ2) is 3.88. The molecule has 0 aromatic carbocycles. The van der Waals surface area contributed by atoms with Crippen molar-refractivity contribution < 1.29 is 0 Å². The summed E-state index contributed by atoms with van der Waals surface area (Å²) < 4.78 is 0. The lowest BCUT2D eigenvalue weighted by Crippen LogP contribution is -2.35. The van der Waals surface area contributed by atoms with Gasteiger partial charge in [0.2, 0.25) is 0 Å². The van der Waals surface area contributed by atoms with Crippen molar-refractivity contribution in [2.75, 3.05) is 6.67 Å². The molecule has 0 unspecified atom stereocenters. The number of hydrogen-bond acceptors (Lipinski definition) is 4. The smallest absolute Gasteiger partial charge is 0.0913 e. The van der Waals surface area contributed by atoms with E-state index in [1.54, 1.807) is 0 Å². The van der Waals surface area contributed by atoms with Crippen molar-refractivity contribution in [3.63, 3.8) is 0 Å². The summed E-state index contributed by atoms with van der Waals surface area (Å²) in [5.41, 5.74) is 0. The maximum Gasteiger partial charge on any atom is 0.0913 e. The monoisotopic (exact) mass is 214 g/mol. The minimum absolute atomic E-state index is 0.589. The zero-order valence-corrected chi connectivity index (χ0v) is 9.52. The molecule has 2 aliphatic rings. The SMILES string of the molecule is C[C@@H]1SC=CN1CN1C=CS[C@@H]1C. The first-order valence-corrected chi connectivity index (χ1v) is 6.32. The number of nitrogens with zero attached hydrogens (tertiary/aromatic N) is 2. The maximum atomic E-state index is 2.36. The van der Waals surface area contributed by atoms with Crippen LogP contribution in [0.15, 0.2) is 23.2 Å². The van der Waals surface area contributed by atoms with Crippen molar-refractivity contribution in [2.24, 2.45) is 0 Å². The Labute approximate surface area is 88.0 Å². The van der Waals surface area contributed by atoms with E-state index in [-0.39, 0.29) is 0 Å². The minimum Gasteiger partial charge on any atom is -0.348 e. The average Bonchev–Trinajstić information content (AvgIpc) is 2.65. The van der Waals surface area contributed by atoms with Gasteiger partial charge in [-0.05, 0) is 24.7 Å². The van der Waals surface area contributed by atoms with Gasteiger partial charge in [0.25, 0.3) is 0 Å². The fourth-order valence-corrected chi connectivity index (χ4v) is 2.86. The van der Waals surface area contributed by atoms with E-state index in [2.05, 4.69) is 46.9 Å². The zero-order valence-electron chi connectivity index (χ0n) is 7.88. The van der Waals surface area contributed by atoms with Gasteiger partial charge in [-0.2, -0.15) is 0 Å². The van der Waals surface area contributed by atoms with Crippen molar-refractivity contribution in [1.29, 1.82) is 0 Å². The topological polar surface area (TPSA) is 6.48 Å². The molecule has 2 heterocycles. The molecule has 4 heteroatoms. The molecule has 0 amide bonds. The highest BCUT2D eigenvalue weighted by Gasteiger charge is 2.20. The molecular weight excluding hydrogens is 200 g/mol. The van der Waals surface area contributed by atoms with Gasteiger partial charge in [-0.1, -0.05) is 0 Å². The first kappa shape index (κ1) is 9.34. The third kappa shape index (κ3) is 1.99. The lowest BCUT2D eigenvalue weighted by molar-refractivity contribution is 0.223. The molecule has 2 rings (SSSR count). The normalized spacial score (nSPS) is 32.2. The Kier molecular flexibility index (Phi) is 2.79. The highest BCUT2D eigenvalue weighted by Crippen LogP contribution is 2.28. The first-order valence-electron chi connectivity index (χ1n) is 4.43. The zero-order chi connectivity index (χ0) is 9.26. The number of rotatable bonds is 2. The second-order valence-corrected chi connectivity index (χ2v) is 5.66. The molecule has 2 aliphatic heterocycles. The van der Waals surface area contributed by atoms with E-state index in [1.807, 2.05) is 23.5 Å². The van der Waals surface area contributed by atoms with Gasteiger partial charge in [0, 0.05) is 12.4 Å². The highest BCUT2D eigenvalue weighted by atomic mass is 32.2. The van der Waals surface area contributed by atoms with E-state index in [1.165, 1.54) is 0 Å². The predicted molar refractivity (Wildman–Crippen MR) is 60.9 cm³/mol. The van der Waals surface area contributed by atoms with Crippen LogP contribution in [0.2, 0.25) is 0 Å². The quantitative estimate of drug-likeness (QED) is 0.697. The molecule has 0 spiro atoms. The van der Waals surface area contributed by atoms with Gasteiger partial charge in [0.15, 0.2) is 0 Å². The lowest BCUT2D eigenvalue weighted by atomic mass is 10.5. The van der Waals surface area contributed by atoms with Crippen molar-refractivity contribution in [2.45, 2.75) is 24.6 Å². The van der Waals surface area contributed by atoms with Gasteiger partial charge in [-0.25, -0.2) is 0 Å². The molecule has 0 fully saturated rings. The van der Waals surface area contributed by atoms with E-state index in [4.69, 9.17) is 0 Å². The summed E-state index contributed by atoms with van der Waals surface area (Å²) in [4.78, 5) is 4.72. The number of thioether (sulfide) groups is 2. The third-order valence-electron chi connectivity index (χ3n) is 2.32. The molecule has 0 saturated carbocycles. The van der Waals surface area contributed by atoms with Crippen LogP contribution in [0.3, 0.4) is 0 Å². The molecule has 0 saturated heterocycles. The van der Waals surface area contributed by atoms with Gasteiger partial charge in [0.05, 0.1) is 17.4 Å². The van der Waals surface area contributed by atoms with Crippen LogP contribution in [0.5, 0.6) is 0 Å². The summed E-state index contributed by atoms with van der Waals surface area (Å²) in [5.74, 6) is 0. The minimum atomic E-state index is 0.589. The molecule has 0 bridgehead atoms. The molecule has 0 aromatic rings. The van der Waals surface area contributed by atoms with Crippen LogP contribution in [0, 0.1) is 0 Å². The summed E-state index contributed by atoms with van der Waals surface area (Å²) in [6.07, 6.45) is 4.36. The van der Waals surface area contributed by atoms with Gasteiger partial charge in [-0.15, -0.1) is 23.5 Å². The fraction of sp³-hybridized carbons (Fsp3) is 0.556.